The van der Waals surface area contributed by atoms with Gasteiger partial charge in [0.05, 0.1) is 21.5 Å². The number of carbonyl (C=O) groups is 1. The van der Waals surface area contributed by atoms with Crippen LogP contribution in [0, 0.1) is 5.92 Å². The van der Waals surface area contributed by atoms with E-state index in [9.17, 15) is 13.2 Å². The molecule has 0 aliphatic carbocycles. The van der Waals surface area contributed by atoms with Gasteiger partial charge in [0.15, 0.2) is 0 Å². The van der Waals surface area contributed by atoms with Crippen molar-refractivity contribution in [3.63, 3.8) is 0 Å². The van der Waals surface area contributed by atoms with Crippen LogP contribution in [0.4, 0.5) is 0 Å². The monoisotopic (exact) mass is 338 g/mol. The summed E-state index contributed by atoms with van der Waals surface area (Å²) in [7, 11) is -3.84. The molecule has 0 aliphatic heterocycles. The van der Waals surface area contributed by atoms with Gasteiger partial charge in [-0.1, -0.05) is 37.0 Å². The van der Waals surface area contributed by atoms with Gasteiger partial charge < -0.3 is 5.73 Å². The van der Waals surface area contributed by atoms with Crippen LogP contribution >= 0.6 is 23.2 Å². The van der Waals surface area contributed by atoms with Gasteiger partial charge >= 0.3 is 0 Å². The fourth-order valence-electron chi connectivity index (χ4n) is 1.62. The molecule has 1 rings (SSSR count). The number of nitrogens with two attached hydrogens (primary N) is 1. The normalized spacial score (nSPS) is 12.1. The number of primary amides is 1. The topological polar surface area (TPSA) is 80.5 Å². The molecule has 1 aromatic rings. The smallest absolute Gasteiger partial charge is 0.243 e. The predicted molar refractivity (Wildman–Crippen MR) is 79.3 cm³/mol. The van der Waals surface area contributed by atoms with E-state index in [1.807, 2.05) is 13.8 Å². The second-order valence-corrected chi connectivity index (χ2v) is 7.49. The number of amides is 1. The van der Waals surface area contributed by atoms with E-state index in [0.29, 0.717) is 0 Å². The second-order valence-electron chi connectivity index (χ2n) is 4.73. The Hall–Kier alpha value is -0.820. The van der Waals surface area contributed by atoms with E-state index >= 15 is 0 Å². The van der Waals surface area contributed by atoms with Crippen molar-refractivity contribution < 1.29 is 13.2 Å². The number of hydrogen-bond donors (Lipinski definition) is 1. The van der Waals surface area contributed by atoms with Crippen LogP contribution in [-0.2, 0) is 14.8 Å². The quantitative estimate of drug-likeness (QED) is 0.862. The number of carbonyl (C=O) groups excluding carboxylic acids is 1. The fraction of sp³-hybridized carbons (Fsp3) is 0.417. The number of nitrogens with zero attached hydrogens (tertiary/aromatic N) is 1. The minimum absolute atomic E-state index is 0.0196. The third-order valence-corrected chi connectivity index (χ3v) is 4.98. The molecule has 0 saturated carbocycles. The first-order chi connectivity index (χ1) is 9.14. The summed E-state index contributed by atoms with van der Waals surface area (Å²) in [5.41, 5.74) is 5.11. The summed E-state index contributed by atoms with van der Waals surface area (Å²) in [5, 5.41) is 0.396. The zero-order valence-electron chi connectivity index (χ0n) is 11.1. The van der Waals surface area contributed by atoms with Crippen molar-refractivity contribution in [2.75, 3.05) is 13.1 Å². The number of rotatable bonds is 6. The molecule has 112 valence electrons. The van der Waals surface area contributed by atoms with E-state index in [1.54, 1.807) is 0 Å². The van der Waals surface area contributed by atoms with Crippen LogP contribution in [0.25, 0.3) is 0 Å². The van der Waals surface area contributed by atoms with Gasteiger partial charge in [-0.25, -0.2) is 8.42 Å². The van der Waals surface area contributed by atoms with Crippen LogP contribution in [0.1, 0.15) is 13.8 Å². The summed E-state index contributed by atoms with van der Waals surface area (Å²) in [6.07, 6.45) is 0. The standard InChI is InChI=1S/C12H16Cl2N2O3S/c1-8(2)6-16(7-12(15)17)20(18,19)9-3-4-10(13)11(14)5-9/h3-5,8H,6-7H2,1-2H3,(H2,15,17). The third-order valence-electron chi connectivity index (χ3n) is 2.43. The number of hydrogen-bond acceptors (Lipinski definition) is 3. The summed E-state index contributed by atoms with van der Waals surface area (Å²) < 4.78 is 26.0. The van der Waals surface area contributed by atoms with Gasteiger partial charge in [-0.3, -0.25) is 4.79 Å². The molecule has 0 atom stereocenters. The first-order valence-electron chi connectivity index (χ1n) is 5.88. The van der Waals surface area contributed by atoms with Crippen LogP contribution in [0.3, 0.4) is 0 Å². The molecular weight excluding hydrogens is 323 g/mol. The molecule has 0 saturated heterocycles. The molecular formula is C12H16Cl2N2O3S. The fourth-order valence-corrected chi connectivity index (χ4v) is 3.57. The molecule has 2 N–H and O–H groups in total. The zero-order chi connectivity index (χ0) is 15.5. The lowest BCUT2D eigenvalue weighted by Crippen LogP contribution is -2.40. The van der Waals surface area contributed by atoms with E-state index in [1.165, 1.54) is 18.2 Å². The van der Waals surface area contributed by atoms with Crippen molar-refractivity contribution >= 4 is 39.1 Å². The summed E-state index contributed by atoms with van der Waals surface area (Å²) >= 11 is 11.6. The van der Waals surface area contributed by atoms with Crippen LogP contribution in [0.15, 0.2) is 23.1 Å². The first kappa shape index (κ1) is 17.2. The lowest BCUT2D eigenvalue weighted by molar-refractivity contribution is -0.118. The highest BCUT2D eigenvalue weighted by Gasteiger charge is 2.27. The molecule has 0 bridgehead atoms. The van der Waals surface area contributed by atoms with E-state index < -0.39 is 15.9 Å². The molecule has 20 heavy (non-hydrogen) atoms. The van der Waals surface area contributed by atoms with Gasteiger partial charge in [0.1, 0.15) is 0 Å². The molecule has 0 spiro atoms. The Morgan fingerprint density at radius 2 is 1.90 bits per heavy atom. The van der Waals surface area contributed by atoms with Gasteiger partial charge in [-0.2, -0.15) is 4.31 Å². The Bertz CT molecular complexity index is 603. The van der Waals surface area contributed by atoms with E-state index in [0.717, 1.165) is 4.31 Å². The summed E-state index contributed by atoms with van der Waals surface area (Å²) in [4.78, 5) is 11.0. The summed E-state index contributed by atoms with van der Waals surface area (Å²) in [5.74, 6) is -0.666. The lowest BCUT2D eigenvalue weighted by Gasteiger charge is -2.22. The van der Waals surface area contributed by atoms with Crippen molar-refractivity contribution in [3.05, 3.63) is 28.2 Å². The van der Waals surface area contributed by atoms with Crippen molar-refractivity contribution in [2.24, 2.45) is 11.7 Å². The molecule has 1 amide bonds. The Labute approximate surface area is 128 Å². The molecule has 0 aromatic heterocycles. The maximum absolute atomic E-state index is 12.5. The van der Waals surface area contributed by atoms with Gasteiger partial charge in [-0.15, -0.1) is 0 Å². The minimum atomic E-state index is -3.84. The van der Waals surface area contributed by atoms with Crippen molar-refractivity contribution in [1.29, 1.82) is 0 Å². The Balaban J connectivity index is 3.20. The first-order valence-corrected chi connectivity index (χ1v) is 8.07. The summed E-state index contributed by atoms with van der Waals surface area (Å²) in [6.45, 7) is 3.50. The molecule has 0 heterocycles. The highest BCUT2D eigenvalue weighted by atomic mass is 35.5. The van der Waals surface area contributed by atoms with E-state index in [-0.39, 0.29) is 33.9 Å². The highest BCUT2D eigenvalue weighted by molar-refractivity contribution is 7.89. The molecule has 5 nitrogen and oxygen atoms in total. The van der Waals surface area contributed by atoms with Gasteiger partial charge in [0.2, 0.25) is 15.9 Å². The number of sulfonamides is 1. The van der Waals surface area contributed by atoms with E-state index in [4.69, 9.17) is 28.9 Å². The van der Waals surface area contributed by atoms with Crippen LogP contribution in [-0.4, -0.2) is 31.7 Å². The van der Waals surface area contributed by atoms with Crippen molar-refractivity contribution in [1.82, 2.24) is 4.31 Å². The van der Waals surface area contributed by atoms with Gasteiger partial charge in [-0.05, 0) is 24.1 Å². The molecule has 0 radical (unpaired) electrons. The van der Waals surface area contributed by atoms with Crippen LogP contribution < -0.4 is 5.73 Å². The average Bonchev–Trinajstić information content (AvgIpc) is 2.30. The molecule has 0 fully saturated rings. The Morgan fingerprint density at radius 1 is 1.30 bits per heavy atom. The maximum Gasteiger partial charge on any atom is 0.243 e. The third kappa shape index (κ3) is 4.34. The predicted octanol–water partition coefficient (Wildman–Crippen LogP) is 2.13. The van der Waals surface area contributed by atoms with Crippen LogP contribution in [0.2, 0.25) is 10.0 Å². The number of halogens is 2. The molecule has 0 unspecified atom stereocenters. The van der Waals surface area contributed by atoms with Crippen LogP contribution in [0.5, 0.6) is 0 Å². The number of benzene rings is 1. The highest BCUT2D eigenvalue weighted by Crippen LogP contribution is 2.26. The largest absolute Gasteiger partial charge is 0.369 e. The molecule has 1 aromatic carbocycles. The Kier molecular flexibility index (Phi) is 5.82. The second kappa shape index (κ2) is 6.76. The van der Waals surface area contributed by atoms with Gasteiger partial charge in [0.25, 0.3) is 0 Å². The van der Waals surface area contributed by atoms with Crippen molar-refractivity contribution in [2.45, 2.75) is 18.7 Å². The average molecular weight is 339 g/mol. The van der Waals surface area contributed by atoms with Crippen molar-refractivity contribution in [3.8, 4) is 0 Å². The molecule has 8 heteroatoms. The van der Waals surface area contributed by atoms with E-state index in [2.05, 4.69) is 0 Å². The molecule has 0 aliphatic rings. The van der Waals surface area contributed by atoms with Gasteiger partial charge in [0, 0.05) is 6.54 Å². The summed E-state index contributed by atoms with van der Waals surface area (Å²) in [6, 6.07) is 4.00. The maximum atomic E-state index is 12.5. The SMILES string of the molecule is CC(C)CN(CC(N)=O)S(=O)(=O)c1ccc(Cl)c(Cl)c1. The Morgan fingerprint density at radius 3 is 2.35 bits per heavy atom. The lowest BCUT2D eigenvalue weighted by atomic mass is 10.2. The zero-order valence-corrected chi connectivity index (χ0v) is 13.5. The minimum Gasteiger partial charge on any atom is -0.369 e.